The third kappa shape index (κ3) is 4.28. The van der Waals surface area contributed by atoms with Crippen molar-refractivity contribution in [2.75, 3.05) is 42.8 Å². The lowest BCUT2D eigenvalue weighted by molar-refractivity contribution is 0.314. The van der Waals surface area contributed by atoms with Crippen molar-refractivity contribution in [3.05, 3.63) is 48.5 Å². The van der Waals surface area contributed by atoms with Crippen LogP contribution in [0.1, 0.15) is 0 Å². The molecule has 1 aliphatic rings. The van der Waals surface area contributed by atoms with Gasteiger partial charge in [-0.15, -0.1) is 35.6 Å². The maximum Gasteiger partial charge on any atom is 0.151 e. The largest absolute Gasteiger partial charge is 0.453 e. The molecule has 0 atom stereocenters. The van der Waals surface area contributed by atoms with Crippen LogP contribution in [0.4, 0.5) is 11.4 Å². The first kappa shape index (κ1) is 19.2. The Bertz CT molecular complexity index is 602. The van der Waals surface area contributed by atoms with Gasteiger partial charge in [0.05, 0.1) is 11.4 Å². The average molecular weight is 388 g/mol. The van der Waals surface area contributed by atoms with Crippen molar-refractivity contribution in [1.29, 1.82) is 0 Å². The summed E-state index contributed by atoms with van der Waals surface area (Å²) in [4.78, 5) is 4.60. The normalized spacial score (nSPS) is 12.2. The molecule has 0 aliphatic carbocycles. The second kappa shape index (κ2) is 9.38. The van der Waals surface area contributed by atoms with Crippen LogP contribution in [0, 0.1) is 0 Å². The smallest absolute Gasteiger partial charge is 0.151 e. The predicted octanol–water partition coefficient (Wildman–Crippen LogP) is 5.13. The van der Waals surface area contributed by atoms with Crippen LogP contribution >= 0.6 is 35.6 Å². The lowest BCUT2D eigenvalue weighted by Gasteiger charge is -2.34. The van der Waals surface area contributed by atoms with E-state index < -0.39 is 0 Å². The van der Waals surface area contributed by atoms with Gasteiger partial charge in [-0.2, -0.15) is 0 Å². The average Bonchev–Trinajstić information content (AvgIpc) is 2.59. The fourth-order valence-electron chi connectivity index (χ4n) is 2.84. The predicted molar refractivity (Wildman–Crippen MR) is 105 cm³/mol. The van der Waals surface area contributed by atoms with Gasteiger partial charge in [-0.1, -0.05) is 24.3 Å². The van der Waals surface area contributed by atoms with Gasteiger partial charge in [0.25, 0.3) is 0 Å². The molecule has 0 saturated heterocycles. The highest BCUT2D eigenvalue weighted by Gasteiger charge is 2.23. The molecule has 0 spiro atoms. The van der Waals surface area contributed by atoms with E-state index in [2.05, 4.69) is 21.9 Å². The summed E-state index contributed by atoms with van der Waals surface area (Å²) in [6.07, 6.45) is 0. The summed E-state index contributed by atoms with van der Waals surface area (Å²) in [6.45, 7) is 3.47. The lowest BCUT2D eigenvalue weighted by atomic mass is 10.1. The van der Waals surface area contributed by atoms with E-state index >= 15 is 0 Å². The molecule has 3 nitrogen and oxygen atoms in total. The van der Waals surface area contributed by atoms with Gasteiger partial charge >= 0.3 is 0 Å². The molecule has 0 radical (unpaired) electrons. The van der Waals surface area contributed by atoms with E-state index in [1.54, 1.807) is 0 Å². The van der Waals surface area contributed by atoms with Gasteiger partial charge in [0.2, 0.25) is 0 Å². The molecule has 2 aromatic rings. The summed E-state index contributed by atoms with van der Waals surface area (Å²) in [7, 11) is 0. The second-order valence-electron chi connectivity index (χ2n) is 5.41. The van der Waals surface area contributed by atoms with Crippen LogP contribution in [0.3, 0.4) is 0 Å². The topological polar surface area (TPSA) is 15.7 Å². The standard InChI is InChI=1S/C18H20Cl2N2O.ClH/c19-9-11-21(12-10-20)13-14-22-15-5-1-3-7-17(15)23-18-8-4-2-6-16(18)22;/h1-8H,9-14H2;1H. The Labute approximate surface area is 159 Å². The van der Waals surface area contributed by atoms with Crippen molar-refractivity contribution >= 4 is 47.0 Å². The molecule has 6 heteroatoms. The highest BCUT2D eigenvalue weighted by molar-refractivity contribution is 6.18. The molecule has 0 saturated carbocycles. The summed E-state index contributed by atoms with van der Waals surface area (Å²) in [5.74, 6) is 3.03. The third-order valence-electron chi connectivity index (χ3n) is 3.97. The van der Waals surface area contributed by atoms with Crippen molar-refractivity contribution in [2.24, 2.45) is 0 Å². The number of halogens is 3. The Balaban J connectivity index is 0.00000208. The summed E-state index contributed by atoms with van der Waals surface area (Å²) < 4.78 is 6.01. The molecule has 130 valence electrons. The highest BCUT2D eigenvalue weighted by Crippen LogP contribution is 2.45. The number of benzene rings is 2. The van der Waals surface area contributed by atoms with E-state index in [1.807, 2.05) is 36.4 Å². The zero-order valence-electron chi connectivity index (χ0n) is 13.3. The Morgan fingerprint density at radius 1 is 0.792 bits per heavy atom. The maximum atomic E-state index is 6.01. The minimum Gasteiger partial charge on any atom is -0.453 e. The maximum absolute atomic E-state index is 6.01. The monoisotopic (exact) mass is 386 g/mol. The SMILES string of the molecule is Cl.ClCCN(CCCl)CCN1c2ccccc2Oc2ccccc21. The molecule has 1 heterocycles. The zero-order chi connectivity index (χ0) is 16.1. The van der Waals surface area contributed by atoms with Gasteiger partial charge in [-0.05, 0) is 24.3 Å². The lowest BCUT2D eigenvalue weighted by Crippen LogP contribution is -2.36. The van der Waals surface area contributed by atoms with E-state index in [0.29, 0.717) is 11.8 Å². The number of hydrogen-bond donors (Lipinski definition) is 0. The summed E-state index contributed by atoms with van der Waals surface area (Å²) in [5.41, 5.74) is 2.20. The molecule has 0 unspecified atom stereocenters. The summed E-state index contributed by atoms with van der Waals surface area (Å²) >= 11 is 11.8. The minimum absolute atomic E-state index is 0. The number of fused-ring (bicyclic) bond motifs is 2. The van der Waals surface area contributed by atoms with Crippen molar-refractivity contribution in [3.8, 4) is 11.5 Å². The third-order valence-corrected chi connectivity index (χ3v) is 4.31. The molecule has 0 bridgehead atoms. The van der Waals surface area contributed by atoms with Gasteiger partial charge in [0, 0.05) is 37.9 Å². The summed E-state index contributed by atoms with van der Waals surface area (Å²) in [6, 6.07) is 16.3. The van der Waals surface area contributed by atoms with E-state index in [0.717, 1.165) is 49.1 Å². The summed E-state index contributed by atoms with van der Waals surface area (Å²) in [5, 5.41) is 0. The van der Waals surface area contributed by atoms with Crippen LogP contribution in [0.15, 0.2) is 48.5 Å². The fourth-order valence-corrected chi connectivity index (χ4v) is 3.32. The number of rotatable bonds is 7. The number of ether oxygens (including phenoxy) is 1. The molecular formula is C18H21Cl3N2O. The Kier molecular flexibility index (Phi) is 7.50. The molecule has 1 aliphatic heterocycles. The minimum atomic E-state index is 0. The first-order chi connectivity index (χ1) is 11.3. The van der Waals surface area contributed by atoms with E-state index in [4.69, 9.17) is 27.9 Å². The molecule has 2 aromatic carbocycles. The van der Waals surface area contributed by atoms with Gasteiger partial charge < -0.3 is 9.64 Å². The van der Waals surface area contributed by atoms with Crippen LogP contribution < -0.4 is 9.64 Å². The van der Waals surface area contributed by atoms with Gasteiger partial charge in [0.1, 0.15) is 0 Å². The van der Waals surface area contributed by atoms with Crippen molar-refractivity contribution in [2.45, 2.75) is 0 Å². The first-order valence-corrected chi connectivity index (χ1v) is 8.88. The Morgan fingerprint density at radius 3 is 1.79 bits per heavy atom. The molecule has 3 rings (SSSR count). The molecule has 0 fully saturated rings. The number of nitrogens with zero attached hydrogens (tertiary/aromatic N) is 2. The van der Waals surface area contributed by atoms with E-state index in [-0.39, 0.29) is 12.4 Å². The van der Waals surface area contributed by atoms with Crippen LogP contribution in [0.5, 0.6) is 11.5 Å². The van der Waals surface area contributed by atoms with E-state index in [9.17, 15) is 0 Å². The van der Waals surface area contributed by atoms with Crippen LogP contribution in [0.25, 0.3) is 0 Å². The van der Waals surface area contributed by atoms with Gasteiger partial charge in [0.15, 0.2) is 11.5 Å². The van der Waals surface area contributed by atoms with Crippen molar-refractivity contribution in [1.82, 2.24) is 4.90 Å². The van der Waals surface area contributed by atoms with Crippen LogP contribution in [-0.2, 0) is 0 Å². The van der Waals surface area contributed by atoms with Crippen LogP contribution in [0.2, 0.25) is 0 Å². The number of para-hydroxylation sites is 4. The number of anilines is 2. The molecule has 0 amide bonds. The van der Waals surface area contributed by atoms with Gasteiger partial charge in [-0.25, -0.2) is 0 Å². The Hall–Kier alpha value is -1.13. The van der Waals surface area contributed by atoms with Crippen LogP contribution in [-0.4, -0.2) is 42.8 Å². The highest BCUT2D eigenvalue weighted by atomic mass is 35.5. The quantitative estimate of drug-likeness (QED) is 0.612. The Morgan fingerprint density at radius 2 is 1.29 bits per heavy atom. The van der Waals surface area contributed by atoms with Crippen molar-refractivity contribution in [3.63, 3.8) is 0 Å². The molecule has 24 heavy (non-hydrogen) atoms. The number of alkyl halides is 2. The number of hydrogen-bond acceptors (Lipinski definition) is 3. The molecular weight excluding hydrogens is 367 g/mol. The zero-order valence-corrected chi connectivity index (χ0v) is 15.7. The van der Waals surface area contributed by atoms with Crippen molar-refractivity contribution < 1.29 is 4.74 Å². The second-order valence-corrected chi connectivity index (χ2v) is 6.16. The molecule has 0 N–H and O–H groups in total. The molecule has 0 aromatic heterocycles. The fraction of sp³-hybridized carbons (Fsp3) is 0.333. The van der Waals surface area contributed by atoms with E-state index in [1.165, 1.54) is 0 Å². The first-order valence-electron chi connectivity index (χ1n) is 7.81. The van der Waals surface area contributed by atoms with Gasteiger partial charge in [-0.3, -0.25) is 4.90 Å².